The fourth-order valence-electron chi connectivity index (χ4n) is 2.48. The second kappa shape index (κ2) is 8.33. The summed E-state index contributed by atoms with van der Waals surface area (Å²) in [5.41, 5.74) is 2.22. The van der Waals surface area contributed by atoms with Crippen molar-refractivity contribution in [1.82, 2.24) is 0 Å². The summed E-state index contributed by atoms with van der Waals surface area (Å²) in [4.78, 5) is 24.6. The van der Waals surface area contributed by atoms with Crippen LogP contribution in [0, 0.1) is 6.92 Å². The molecule has 2 aromatic carbocycles. The molecule has 0 spiro atoms. The molecule has 132 valence electrons. The monoisotopic (exact) mass is 342 g/mol. The quantitative estimate of drug-likeness (QED) is 0.570. The van der Waals surface area contributed by atoms with E-state index in [4.69, 9.17) is 14.2 Å². The third-order valence-electron chi connectivity index (χ3n) is 3.82. The lowest BCUT2D eigenvalue weighted by Crippen LogP contribution is -2.25. The van der Waals surface area contributed by atoms with E-state index >= 15 is 0 Å². The van der Waals surface area contributed by atoms with Crippen LogP contribution in [0.3, 0.4) is 0 Å². The van der Waals surface area contributed by atoms with Crippen LogP contribution in [-0.2, 0) is 16.0 Å². The van der Waals surface area contributed by atoms with Gasteiger partial charge >= 0.3 is 5.97 Å². The average molecular weight is 342 g/mol. The summed E-state index contributed by atoms with van der Waals surface area (Å²) in [7, 11) is 3.11. The SMILES string of the molecule is COc1ccc(C(=O)[C@H](C)OC(=O)Cc2cc(C)ccc2OC)cc1. The van der Waals surface area contributed by atoms with E-state index in [2.05, 4.69) is 0 Å². The molecule has 2 aromatic rings. The summed E-state index contributed by atoms with van der Waals surface area (Å²) in [6.45, 7) is 3.50. The zero-order chi connectivity index (χ0) is 18.4. The van der Waals surface area contributed by atoms with E-state index in [1.54, 1.807) is 45.4 Å². The van der Waals surface area contributed by atoms with Crippen molar-refractivity contribution in [2.45, 2.75) is 26.4 Å². The molecule has 0 aliphatic rings. The molecule has 0 fully saturated rings. The first-order chi connectivity index (χ1) is 11.9. The van der Waals surface area contributed by atoms with Gasteiger partial charge in [-0.05, 0) is 44.2 Å². The Balaban J connectivity index is 2.01. The van der Waals surface area contributed by atoms with Crippen molar-refractivity contribution in [3.63, 3.8) is 0 Å². The normalized spacial score (nSPS) is 11.5. The van der Waals surface area contributed by atoms with Crippen molar-refractivity contribution in [3.05, 3.63) is 59.2 Å². The Morgan fingerprint density at radius 3 is 2.28 bits per heavy atom. The zero-order valence-corrected chi connectivity index (χ0v) is 14.9. The van der Waals surface area contributed by atoms with E-state index in [0.29, 0.717) is 17.1 Å². The molecule has 5 heteroatoms. The standard InChI is InChI=1S/C20H22O5/c1-13-5-10-18(24-4)16(11-13)12-19(21)25-14(2)20(22)15-6-8-17(23-3)9-7-15/h5-11,14H,12H2,1-4H3/t14-/m0/s1. The number of benzene rings is 2. The summed E-state index contributed by atoms with van der Waals surface area (Å²) in [5, 5.41) is 0. The van der Waals surface area contributed by atoms with E-state index in [1.165, 1.54) is 0 Å². The summed E-state index contributed by atoms with van der Waals surface area (Å²) in [5.74, 6) is 0.551. The molecular formula is C20H22O5. The van der Waals surface area contributed by atoms with E-state index < -0.39 is 12.1 Å². The van der Waals surface area contributed by atoms with Crippen molar-refractivity contribution in [2.24, 2.45) is 0 Å². The van der Waals surface area contributed by atoms with Crippen LogP contribution in [0.15, 0.2) is 42.5 Å². The molecule has 0 unspecified atom stereocenters. The van der Waals surface area contributed by atoms with Crippen LogP contribution < -0.4 is 9.47 Å². The van der Waals surface area contributed by atoms with E-state index in [-0.39, 0.29) is 12.2 Å². The Morgan fingerprint density at radius 1 is 1.00 bits per heavy atom. The fourth-order valence-corrected chi connectivity index (χ4v) is 2.48. The number of methoxy groups -OCH3 is 2. The van der Waals surface area contributed by atoms with Gasteiger partial charge in [-0.15, -0.1) is 0 Å². The third-order valence-corrected chi connectivity index (χ3v) is 3.82. The first-order valence-electron chi connectivity index (χ1n) is 7.96. The van der Waals surface area contributed by atoms with Crippen LogP contribution in [0.5, 0.6) is 11.5 Å². The van der Waals surface area contributed by atoms with Crippen LogP contribution in [0.4, 0.5) is 0 Å². The van der Waals surface area contributed by atoms with Crippen LogP contribution in [0.2, 0.25) is 0 Å². The third kappa shape index (κ3) is 4.83. The number of carbonyl (C=O) groups excluding carboxylic acids is 2. The van der Waals surface area contributed by atoms with Crippen molar-refractivity contribution in [2.75, 3.05) is 14.2 Å². The van der Waals surface area contributed by atoms with Gasteiger partial charge in [0, 0.05) is 11.1 Å². The summed E-state index contributed by atoms with van der Waals surface area (Å²) in [6, 6.07) is 12.3. The minimum atomic E-state index is -0.864. The molecule has 1 atom stereocenters. The second-order valence-electron chi connectivity index (χ2n) is 5.72. The average Bonchev–Trinajstić information content (AvgIpc) is 2.61. The lowest BCUT2D eigenvalue weighted by molar-refractivity contribution is -0.145. The number of hydrogen-bond donors (Lipinski definition) is 0. The number of Topliss-reactive ketones (excluding diaryl/α,β-unsaturated/α-hetero) is 1. The molecule has 0 aliphatic heterocycles. The molecule has 5 nitrogen and oxygen atoms in total. The number of carbonyl (C=O) groups is 2. The highest BCUT2D eigenvalue weighted by atomic mass is 16.5. The fraction of sp³-hybridized carbons (Fsp3) is 0.300. The van der Waals surface area contributed by atoms with E-state index in [1.807, 2.05) is 25.1 Å². The first-order valence-corrected chi connectivity index (χ1v) is 7.96. The maximum Gasteiger partial charge on any atom is 0.311 e. The molecule has 0 bridgehead atoms. The number of ether oxygens (including phenoxy) is 3. The predicted molar refractivity (Wildman–Crippen MR) is 94.3 cm³/mol. The first kappa shape index (κ1) is 18.5. The molecule has 0 N–H and O–H groups in total. The molecule has 0 amide bonds. The Labute approximate surface area is 147 Å². The Hall–Kier alpha value is -2.82. The lowest BCUT2D eigenvalue weighted by atomic mass is 10.1. The van der Waals surface area contributed by atoms with Crippen molar-refractivity contribution >= 4 is 11.8 Å². The number of aryl methyl sites for hydroxylation is 1. The minimum Gasteiger partial charge on any atom is -0.497 e. The van der Waals surface area contributed by atoms with Gasteiger partial charge in [0.1, 0.15) is 11.5 Å². The van der Waals surface area contributed by atoms with Crippen LogP contribution in [0.25, 0.3) is 0 Å². The van der Waals surface area contributed by atoms with Gasteiger partial charge in [0.25, 0.3) is 0 Å². The summed E-state index contributed by atoms with van der Waals surface area (Å²) < 4.78 is 15.6. The van der Waals surface area contributed by atoms with Crippen molar-refractivity contribution < 1.29 is 23.8 Å². The number of hydrogen-bond acceptors (Lipinski definition) is 5. The minimum absolute atomic E-state index is 0.0467. The van der Waals surface area contributed by atoms with Crippen molar-refractivity contribution in [3.8, 4) is 11.5 Å². The molecule has 0 saturated carbocycles. The van der Waals surface area contributed by atoms with E-state index in [0.717, 1.165) is 11.1 Å². The molecule has 0 aliphatic carbocycles. The highest BCUT2D eigenvalue weighted by Gasteiger charge is 2.20. The van der Waals surface area contributed by atoms with E-state index in [9.17, 15) is 9.59 Å². The Morgan fingerprint density at radius 2 is 1.68 bits per heavy atom. The molecular weight excluding hydrogens is 320 g/mol. The van der Waals surface area contributed by atoms with Crippen LogP contribution in [-0.4, -0.2) is 32.1 Å². The topological polar surface area (TPSA) is 61.8 Å². The smallest absolute Gasteiger partial charge is 0.311 e. The van der Waals surface area contributed by atoms with Gasteiger partial charge in [-0.1, -0.05) is 17.7 Å². The van der Waals surface area contributed by atoms with Gasteiger partial charge in [0.05, 0.1) is 20.6 Å². The maximum absolute atomic E-state index is 12.4. The van der Waals surface area contributed by atoms with Gasteiger partial charge in [-0.3, -0.25) is 9.59 Å². The summed E-state index contributed by atoms with van der Waals surface area (Å²) >= 11 is 0. The Kier molecular flexibility index (Phi) is 6.17. The van der Waals surface area contributed by atoms with Gasteiger partial charge in [0.2, 0.25) is 5.78 Å². The molecule has 0 heterocycles. The number of rotatable bonds is 7. The zero-order valence-electron chi connectivity index (χ0n) is 14.9. The molecule has 0 saturated heterocycles. The highest BCUT2D eigenvalue weighted by Crippen LogP contribution is 2.21. The van der Waals surface area contributed by atoms with Gasteiger partial charge in [-0.2, -0.15) is 0 Å². The second-order valence-corrected chi connectivity index (χ2v) is 5.72. The highest BCUT2D eigenvalue weighted by molar-refractivity contribution is 6.00. The van der Waals surface area contributed by atoms with Gasteiger partial charge < -0.3 is 14.2 Å². The maximum atomic E-state index is 12.4. The largest absolute Gasteiger partial charge is 0.497 e. The van der Waals surface area contributed by atoms with Crippen molar-refractivity contribution in [1.29, 1.82) is 0 Å². The number of ketones is 1. The number of esters is 1. The molecule has 0 radical (unpaired) electrons. The molecule has 25 heavy (non-hydrogen) atoms. The lowest BCUT2D eigenvalue weighted by Gasteiger charge is -2.14. The molecule has 0 aromatic heterocycles. The molecule has 2 rings (SSSR count). The van der Waals surface area contributed by atoms with Crippen LogP contribution in [0.1, 0.15) is 28.4 Å². The van der Waals surface area contributed by atoms with Gasteiger partial charge in [-0.25, -0.2) is 0 Å². The summed E-state index contributed by atoms with van der Waals surface area (Å²) in [6.07, 6.45) is -0.817. The van der Waals surface area contributed by atoms with Crippen LogP contribution >= 0.6 is 0 Å². The predicted octanol–water partition coefficient (Wildman–Crippen LogP) is 3.37. The Bertz CT molecular complexity index is 749. The van der Waals surface area contributed by atoms with Gasteiger partial charge in [0.15, 0.2) is 6.10 Å².